The van der Waals surface area contributed by atoms with Gasteiger partial charge < -0.3 is 14.8 Å². The number of nitrogens with one attached hydrogen (secondary N) is 1. The van der Waals surface area contributed by atoms with Crippen molar-refractivity contribution in [2.24, 2.45) is 0 Å². The van der Waals surface area contributed by atoms with E-state index < -0.39 is 24.5 Å². The van der Waals surface area contributed by atoms with Gasteiger partial charge in [0.1, 0.15) is 6.61 Å². The maximum atomic E-state index is 12.6. The van der Waals surface area contributed by atoms with Crippen LogP contribution in [-0.2, 0) is 25.9 Å². The highest BCUT2D eigenvalue weighted by atomic mass is 17.2. The van der Waals surface area contributed by atoms with Crippen LogP contribution in [0.2, 0.25) is 0 Å². The Hall–Kier alpha value is -3.10. The highest BCUT2D eigenvalue weighted by molar-refractivity contribution is 5.90. The molecule has 2 atom stereocenters. The van der Waals surface area contributed by atoms with Crippen molar-refractivity contribution in [2.75, 3.05) is 18.1 Å². The molecule has 0 spiro atoms. The third-order valence-electron chi connectivity index (χ3n) is 4.56. The van der Waals surface area contributed by atoms with Crippen molar-refractivity contribution in [3.8, 4) is 0 Å². The van der Waals surface area contributed by atoms with E-state index in [0.29, 0.717) is 12.3 Å². The molecule has 0 radical (unpaired) electrons. The second-order valence-electron chi connectivity index (χ2n) is 6.58. The molecule has 1 aliphatic rings. The van der Waals surface area contributed by atoms with Gasteiger partial charge in [-0.25, -0.2) is 24.3 Å². The van der Waals surface area contributed by atoms with Gasteiger partial charge in [-0.15, -0.1) is 0 Å². The van der Waals surface area contributed by atoms with E-state index in [-0.39, 0.29) is 19.6 Å². The Morgan fingerprint density at radius 3 is 2.47 bits per heavy atom. The summed E-state index contributed by atoms with van der Waals surface area (Å²) in [5.41, 5.74) is 2.24. The van der Waals surface area contributed by atoms with Crippen molar-refractivity contribution >= 4 is 17.9 Å². The first kappa shape index (κ1) is 21.6. The zero-order valence-electron chi connectivity index (χ0n) is 17.1. The highest BCUT2D eigenvalue weighted by Crippen LogP contribution is 2.38. The van der Waals surface area contributed by atoms with Crippen LogP contribution in [-0.4, -0.2) is 31.6 Å². The fourth-order valence-corrected chi connectivity index (χ4v) is 3.27. The van der Waals surface area contributed by atoms with Crippen molar-refractivity contribution < 1.29 is 28.8 Å². The lowest BCUT2D eigenvalue weighted by Gasteiger charge is -2.38. The summed E-state index contributed by atoms with van der Waals surface area (Å²) in [4.78, 5) is 37.0. The molecule has 8 heteroatoms. The van der Waals surface area contributed by atoms with Gasteiger partial charge in [-0.1, -0.05) is 48.5 Å². The van der Waals surface area contributed by atoms with Crippen LogP contribution >= 0.6 is 0 Å². The number of hydrogen-bond donors (Lipinski definition) is 1. The average molecular weight is 414 g/mol. The second kappa shape index (κ2) is 10.6. The summed E-state index contributed by atoms with van der Waals surface area (Å²) >= 11 is 0. The van der Waals surface area contributed by atoms with Gasteiger partial charge in [-0.2, -0.15) is 0 Å². The minimum Gasteiger partial charge on any atom is -0.449 e. The molecule has 3 rings (SSSR count). The number of rotatable bonds is 7. The number of ether oxygens (including phenoxy) is 2. The molecule has 160 valence electrons. The van der Waals surface area contributed by atoms with Crippen LogP contribution in [0.1, 0.15) is 37.4 Å². The van der Waals surface area contributed by atoms with Gasteiger partial charge >= 0.3 is 12.2 Å². The minimum absolute atomic E-state index is 0.162. The largest absolute Gasteiger partial charge is 0.449 e. The quantitative estimate of drug-likeness (QED) is 0.537. The number of fused-ring (bicyclic) bond motifs is 1. The van der Waals surface area contributed by atoms with Crippen LogP contribution in [0.4, 0.5) is 15.3 Å². The molecular weight excluding hydrogens is 388 g/mol. The zero-order chi connectivity index (χ0) is 21.3. The first-order valence-corrected chi connectivity index (χ1v) is 9.94. The summed E-state index contributed by atoms with van der Waals surface area (Å²) in [5.74, 6) is 0. The number of nitrogens with zero attached hydrogens (tertiary/aromatic N) is 1. The predicted molar refractivity (Wildman–Crippen MR) is 110 cm³/mol. The van der Waals surface area contributed by atoms with Gasteiger partial charge in [0.05, 0.1) is 24.9 Å². The molecule has 2 aromatic rings. The number of carbonyl (C=O) groups excluding carboxylic acids is 2. The molecule has 0 fully saturated rings. The van der Waals surface area contributed by atoms with E-state index in [1.807, 2.05) is 42.5 Å². The topological polar surface area (TPSA) is 86.3 Å². The van der Waals surface area contributed by atoms with Gasteiger partial charge in [0.15, 0.2) is 6.23 Å². The van der Waals surface area contributed by atoms with E-state index in [1.165, 1.54) is 4.90 Å². The SMILES string of the molecule is CCOOC1CC(NC(=O)OCc2ccccc2)c2ccccc2N1C(=O)OCC. The van der Waals surface area contributed by atoms with Crippen LogP contribution in [0.25, 0.3) is 0 Å². The molecule has 0 aliphatic carbocycles. The summed E-state index contributed by atoms with van der Waals surface area (Å²) in [6.45, 7) is 4.22. The summed E-state index contributed by atoms with van der Waals surface area (Å²) in [5, 5.41) is 2.87. The van der Waals surface area contributed by atoms with E-state index in [0.717, 1.165) is 11.1 Å². The maximum absolute atomic E-state index is 12.6. The lowest BCUT2D eigenvalue weighted by atomic mass is 9.95. The minimum atomic E-state index is -0.765. The van der Waals surface area contributed by atoms with Gasteiger partial charge in [-0.3, -0.25) is 0 Å². The van der Waals surface area contributed by atoms with Gasteiger partial charge in [0.25, 0.3) is 0 Å². The van der Waals surface area contributed by atoms with E-state index in [4.69, 9.17) is 19.2 Å². The van der Waals surface area contributed by atoms with Crippen LogP contribution in [0.5, 0.6) is 0 Å². The monoisotopic (exact) mass is 414 g/mol. The molecule has 8 nitrogen and oxygen atoms in total. The Bertz CT molecular complexity index is 845. The lowest BCUT2D eigenvalue weighted by molar-refractivity contribution is -0.322. The van der Waals surface area contributed by atoms with Crippen molar-refractivity contribution in [3.05, 3.63) is 65.7 Å². The number of alkyl carbamates (subject to hydrolysis) is 1. The number of amides is 2. The van der Waals surface area contributed by atoms with Gasteiger partial charge in [0, 0.05) is 6.42 Å². The molecule has 0 saturated carbocycles. The van der Waals surface area contributed by atoms with E-state index >= 15 is 0 Å². The van der Waals surface area contributed by atoms with Crippen LogP contribution in [0.15, 0.2) is 54.6 Å². The molecule has 1 N–H and O–H groups in total. The van der Waals surface area contributed by atoms with Crippen LogP contribution in [0.3, 0.4) is 0 Å². The van der Waals surface area contributed by atoms with Crippen LogP contribution < -0.4 is 10.2 Å². The molecular formula is C22H26N2O6. The Labute approximate surface area is 175 Å². The van der Waals surface area contributed by atoms with Crippen molar-refractivity contribution in [2.45, 2.75) is 39.1 Å². The third-order valence-corrected chi connectivity index (χ3v) is 4.56. The first-order valence-electron chi connectivity index (χ1n) is 9.94. The molecule has 2 unspecified atom stereocenters. The number of anilines is 1. The van der Waals surface area contributed by atoms with Crippen molar-refractivity contribution in [1.29, 1.82) is 0 Å². The Morgan fingerprint density at radius 2 is 1.73 bits per heavy atom. The standard InChI is InChI=1S/C22H26N2O6/c1-3-27-22(26)24-19-13-9-8-12-17(19)18(14-20(24)30-29-4-2)23-21(25)28-15-16-10-6-5-7-11-16/h5-13,18,20H,3-4,14-15H2,1-2H3,(H,23,25). The third kappa shape index (κ3) is 5.28. The Balaban J connectivity index is 1.77. The van der Waals surface area contributed by atoms with Crippen molar-refractivity contribution in [1.82, 2.24) is 5.32 Å². The number of carbonyl (C=O) groups is 2. The molecule has 30 heavy (non-hydrogen) atoms. The average Bonchev–Trinajstić information content (AvgIpc) is 2.77. The normalized spacial score (nSPS) is 17.7. The molecule has 1 heterocycles. The van der Waals surface area contributed by atoms with E-state index in [1.54, 1.807) is 26.0 Å². The fraction of sp³-hybridized carbons (Fsp3) is 0.364. The maximum Gasteiger partial charge on any atom is 0.416 e. The molecule has 0 aromatic heterocycles. The van der Waals surface area contributed by atoms with Gasteiger partial charge in [-0.05, 0) is 31.0 Å². The molecule has 2 amide bonds. The van der Waals surface area contributed by atoms with Gasteiger partial charge in [0.2, 0.25) is 0 Å². The zero-order valence-corrected chi connectivity index (χ0v) is 17.1. The summed E-state index contributed by atoms with van der Waals surface area (Å²) in [7, 11) is 0. The number of hydrogen-bond acceptors (Lipinski definition) is 6. The number of benzene rings is 2. The van der Waals surface area contributed by atoms with E-state index in [2.05, 4.69) is 5.32 Å². The summed E-state index contributed by atoms with van der Waals surface area (Å²) in [6.07, 6.45) is -1.59. The Kier molecular flexibility index (Phi) is 7.64. The molecule has 0 saturated heterocycles. The fourth-order valence-electron chi connectivity index (χ4n) is 3.27. The predicted octanol–water partition coefficient (Wildman–Crippen LogP) is 4.31. The Morgan fingerprint density at radius 1 is 1.00 bits per heavy atom. The molecule has 1 aliphatic heterocycles. The summed E-state index contributed by atoms with van der Waals surface area (Å²) in [6, 6.07) is 16.3. The smallest absolute Gasteiger partial charge is 0.416 e. The first-order chi connectivity index (χ1) is 14.6. The molecule has 0 bridgehead atoms. The second-order valence-corrected chi connectivity index (χ2v) is 6.58. The highest BCUT2D eigenvalue weighted by Gasteiger charge is 2.39. The lowest BCUT2D eigenvalue weighted by Crippen LogP contribution is -2.49. The van der Waals surface area contributed by atoms with Crippen molar-refractivity contribution in [3.63, 3.8) is 0 Å². The molecule has 2 aromatic carbocycles. The van der Waals surface area contributed by atoms with Crippen LogP contribution in [0, 0.1) is 0 Å². The van der Waals surface area contributed by atoms with E-state index in [9.17, 15) is 9.59 Å². The summed E-state index contributed by atoms with van der Waals surface area (Å²) < 4.78 is 10.5. The number of para-hydroxylation sites is 1.